The lowest BCUT2D eigenvalue weighted by molar-refractivity contribution is 0.0760. The number of hydrogen-bond donors (Lipinski definition) is 1. The summed E-state index contributed by atoms with van der Waals surface area (Å²) in [7, 11) is 5.30. The van der Waals surface area contributed by atoms with Gasteiger partial charge in [0.1, 0.15) is 22.9 Å². The van der Waals surface area contributed by atoms with Gasteiger partial charge in [-0.15, -0.1) is 0 Å². The van der Waals surface area contributed by atoms with Gasteiger partial charge in [-0.2, -0.15) is 0 Å². The average molecular weight is 388 g/mol. The average Bonchev–Trinajstić information content (AvgIpc) is 3.17. The lowest BCUT2D eigenvalue weighted by atomic mass is 9.82. The Morgan fingerprint density at radius 3 is 2.36 bits per heavy atom. The minimum atomic E-state index is -0.938. The molecule has 1 aliphatic carbocycles. The lowest BCUT2D eigenvalue weighted by Gasteiger charge is -2.44. The van der Waals surface area contributed by atoms with Crippen LogP contribution in [-0.4, -0.2) is 37.6 Å². The number of carbonyl (C=O) groups excluding carboxylic acids is 1. The van der Waals surface area contributed by atoms with E-state index in [-0.39, 0.29) is 22.9 Å². The summed E-state index contributed by atoms with van der Waals surface area (Å²) in [6, 6.07) is 11.1. The van der Waals surface area contributed by atoms with E-state index in [4.69, 9.17) is 4.74 Å². The van der Waals surface area contributed by atoms with Gasteiger partial charge in [0.25, 0.3) is 5.91 Å². The van der Waals surface area contributed by atoms with Crippen LogP contribution in [0.1, 0.15) is 47.6 Å². The Morgan fingerprint density at radius 2 is 1.79 bits per heavy atom. The van der Waals surface area contributed by atoms with Crippen LogP contribution in [0.3, 0.4) is 0 Å². The molecule has 150 valence electrons. The summed E-state index contributed by atoms with van der Waals surface area (Å²) < 4.78 is 33.0. The second-order valence-electron chi connectivity index (χ2n) is 7.49. The van der Waals surface area contributed by atoms with Gasteiger partial charge in [-0.1, -0.05) is 43.2 Å². The first-order chi connectivity index (χ1) is 13.4. The van der Waals surface area contributed by atoms with Crippen molar-refractivity contribution >= 4 is 5.91 Å². The molecule has 1 unspecified atom stereocenters. The number of rotatable bonds is 6. The van der Waals surface area contributed by atoms with Gasteiger partial charge in [-0.3, -0.25) is 4.79 Å². The summed E-state index contributed by atoms with van der Waals surface area (Å²) in [6.45, 7) is 0. The fraction of sp³-hybridized carbons (Fsp3) is 0.409. The molecule has 0 spiro atoms. The molecule has 1 saturated carbocycles. The van der Waals surface area contributed by atoms with E-state index in [1.807, 2.05) is 44.4 Å². The number of ether oxygens (including phenoxy) is 1. The second-order valence-corrected chi connectivity index (χ2v) is 7.49. The van der Waals surface area contributed by atoms with Gasteiger partial charge in [0.2, 0.25) is 0 Å². The molecule has 1 aliphatic rings. The smallest absolute Gasteiger partial charge is 0.258 e. The van der Waals surface area contributed by atoms with E-state index in [1.165, 1.54) is 7.11 Å². The maximum absolute atomic E-state index is 14.4. The Labute approximate surface area is 164 Å². The van der Waals surface area contributed by atoms with Crippen molar-refractivity contribution in [2.75, 3.05) is 21.2 Å². The van der Waals surface area contributed by atoms with Crippen molar-refractivity contribution in [1.82, 2.24) is 10.2 Å². The van der Waals surface area contributed by atoms with E-state index >= 15 is 0 Å². The quantitative estimate of drug-likeness (QED) is 0.801. The van der Waals surface area contributed by atoms with Gasteiger partial charge in [0.05, 0.1) is 13.2 Å². The largest absolute Gasteiger partial charge is 0.496 e. The second kappa shape index (κ2) is 8.27. The fourth-order valence-corrected chi connectivity index (χ4v) is 4.29. The van der Waals surface area contributed by atoms with Crippen molar-refractivity contribution in [2.24, 2.45) is 0 Å². The molecule has 0 heterocycles. The summed E-state index contributed by atoms with van der Waals surface area (Å²) >= 11 is 0. The van der Waals surface area contributed by atoms with Crippen molar-refractivity contribution in [3.05, 3.63) is 65.2 Å². The summed E-state index contributed by atoms with van der Waals surface area (Å²) in [5, 5.41) is 3.03. The van der Waals surface area contributed by atoms with Gasteiger partial charge < -0.3 is 15.0 Å². The van der Waals surface area contributed by atoms with Crippen LogP contribution < -0.4 is 10.1 Å². The zero-order valence-corrected chi connectivity index (χ0v) is 16.5. The number of nitrogens with one attached hydrogen (secondary N) is 1. The first-order valence-corrected chi connectivity index (χ1v) is 9.45. The molecule has 0 bridgehead atoms. The fourth-order valence-electron chi connectivity index (χ4n) is 4.29. The molecular weight excluding hydrogens is 362 g/mol. The summed E-state index contributed by atoms with van der Waals surface area (Å²) in [6.07, 6.45) is 3.96. The topological polar surface area (TPSA) is 41.6 Å². The molecule has 6 heteroatoms. The Balaban J connectivity index is 2.03. The van der Waals surface area contributed by atoms with Gasteiger partial charge in [0, 0.05) is 17.7 Å². The highest BCUT2D eigenvalue weighted by Crippen LogP contribution is 2.43. The van der Waals surface area contributed by atoms with Gasteiger partial charge >= 0.3 is 0 Å². The van der Waals surface area contributed by atoms with Crippen LogP contribution >= 0.6 is 0 Å². The standard InChI is InChI=1S/C22H26F2N2O2/c1-26(2)22(11-7-8-12-22)20(15-9-5-4-6-10-15)25-21(27)19-17(24)13-16(23)14-18(19)28-3/h4-6,9-10,13-14,20H,7-8,11-12H2,1-3H3,(H,25,27). The van der Waals surface area contributed by atoms with Crippen LogP contribution in [0.15, 0.2) is 42.5 Å². The molecule has 2 aromatic carbocycles. The molecule has 1 N–H and O–H groups in total. The molecular formula is C22H26F2N2O2. The van der Waals surface area contributed by atoms with Crippen LogP contribution in [0.2, 0.25) is 0 Å². The van der Waals surface area contributed by atoms with Crippen molar-refractivity contribution < 1.29 is 18.3 Å². The summed E-state index contributed by atoms with van der Waals surface area (Å²) in [5.74, 6) is -2.46. The van der Waals surface area contributed by atoms with Crippen LogP contribution in [0.5, 0.6) is 5.75 Å². The molecule has 1 fully saturated rings. The molecule has 1 amide bonds. The van der Waals surface area contributed by atoms with Crippen LogP contribution in [0, 0.1) is 11.6 Å². The van der Waals surface area contributed by atoms with Crippen molar-refractivity contribution in [3.63, 3.8) is 0 Å². The Hall–Kier alpha value is -2.47. The minimum absolute atomic E-state index is 0.118. The SMILES string of the molecule is COc1cc(F)cc(F)c1C(=O)NC(c1ccccc1)C1(N(C)C)CCCC1. The number of amides is 1. The third kappa shape index (κ3) is 3.74. The number of methoxy groups -OCH3 is 1. The first-order valence-electron chi connectivity index (χ1n) is 9.45. The number of hydrogen-bond acceptors (Lipinski definition) is 3. The lowest BCUT2D eigenvalue weighted by Crippen LogP contribution is -2.53. The maximum atomic E-state index is 14.4. The summed E-state index contributed by atoms with van der Waals surface area (Å²) in [4.78, 5) is 15.2. The van der Waals surface area contributed by atoms with Crippen molar-refractivity contribution in [2.45, 2.75) is 37.3 Å². The van der Waals surface area contributed by atoms with Gasteiger partial charge in [-0.25, -0.2) is 8.78 Å². The Bertz CT molecular complexity index is 834. The Kier molecular flexibility index (Phi) is 5.98. The molecule has 0 radical (unpaired) electrons. The number of likely N-dealkylation sites (N-methyl/N-ethyl adjacent to an activating group) is 1. The van der Waals surface area contributed by atoms with Crippen molar-refractivity contribution in [1.29, 1.82) is 0 Å². The summed E-state index contributed by atoms with van der Waals surface area (Å²) in [5.41, 5.74) is 0.394. The molecule has 4 nitrogen and oxygen atoms in total. The molecule has 0 aliphatic heterocycles. The van der Waals surface area contributed by atoms with Gasteiger partial charge in [0.15, 0.2) is 0 Å². The monoisotopic (exact) mass is 388 g/mol. The van der Waals surface area contributed by atoms with E-state index in [9.17, 15) is 13.6 Å². The normalized spacial score (nSPS) is 16.8. The molecule has 0 saturated heterocycles. The number of carbonyl (C=O) groups is 1. The number of benzene rings is 2. The van der Waals surface area contributed by atoms with E-state index in [0.717, 1.165) is 37.3 Å². The van der Waals surface area contributed by atoms with E-state index in [2.05, 4.69) is 10.2 Å². The number of nitrogens with zero attached hydrogens (tertiary/aromatic N) is 1. The zero-order chi connectivity index (χ0) is 20.3. The van der Waals surface area contributed by atoms with E-state index < -0.39 is 17.5 Å². The molecule has 0 aromatic heterocycles. The molecule has 28 heavy (non-hydrogen) atoms. The minimum Gasteiger partial charge on any atom is -0.496 e. The number of halogens is 2. The van der Waals surface area contributed by atoms with Crippen LogP contribution in [0.25, 0.3) is 0 Å². The van der Waals surface area contributed by atoms with Crippen LogP contribution in [0.4, 0.5) is 8.78 Å². The third-order valence-electron chi connectivity index (χ3n) is 5.77. The highest BCUT2D eigenvalue weighted by atomic mass is 19.1. The zero-order valence-electron chi connectivity index (χ0n) is 16.5. The van der Waals surface area contributed by atoms with Gasteiger partial charge in [-0.05, 0) is 32.5 Å². The first kappa shape index (κ1) is 20.3. The predicted octanol–water partition coefficient (Wildman–Crippen LogP) is 4.32. The third-order valence-corrected chi connectivity index (χ3v) is 5.77. The maximum Gasteiger partial charge on any atom is 0.258 e. The van der Waals surface area contributed by atoms with Crippen LogP contribution in [-0.2, 0) is 0 Å². The highest BCUT2D eigenvalue weighted by Gasteiger charge is 2.45. The van der Waals surface area contributed by atoms with Crippen molar-refractivity contribution in [3.8, 4) is 5.75 Å². The molecule has 2 aromatic rings. The van der Waals surface area contributed by atoms with E-state index in [1.54, 1.807) is 0 Å². The molecule has 1 atom stereocenters. The highest BCUT2D eigenvalue weighted by molar-refractivity contribution is 5.97. The Morgan fingerprint density at radius 1 is 1.14 bits per heavy atom. The predicted molar refractivity (Wildman–Crippen MR) is 104 cm³/mol. The molecule has 3 rings (SSSR count). The van der Waals surface area contributed by atoms with E-state index in [0.29, 0.717) is 6.07 Å².